The van der Waals surface area contributed by atoms with E-state index in [1.807, 2.05) is 0 Å². The van der Waals surface area contributed by atoms with Gasteiger partial charge in [0, 0.05) is 19.8 Å². The van der Waals surface area contributed by atoms with Gasteiger partial charge in [-0.05, 0) is 25.8 Å². The highest BCUT2D eigenvalue weighted by atomic mass is 16.5. The number of methoxy groups -OCH3 is 1. The quantitative estimate of drug-likeness (QED) is 0.579. The number of nitrogens with one attached hydrogen (secondary N) is 1. The molecular formula is C12H27NO. The number of hydrogen-bond acceptors (Lipinski definition) is 2. The summed E-state index contributed by atoms with van der Waals surface area (Å²) in [6.07, 6.45) is 6.55. The molecule has 0 aliphatic heterocycles. The van der Waals surface area contributed by atoms with Crippen molar-refractivity contribution >= 4 is 0 Å². The van der Waals surface area contributed by atoms with Gasteiger partial charge in [0.25, 0.3) is 0 Å². The first-order valence-electron chi connectivity index (χ1n) is 5.90. The maximum Gasteiger partial charge on any atom is 0.0488 e. The highest BCUT2D eigenvalue weighted by Gasteiger charge is 2.10. The molecule has 1 N–H and O–H groups in total. The Balaban J connectivity index is 3.55. The van der Waals surface area contributed by atoms with Crippen molar-refractivity contribution in [3.63, 3.8) is 0 Å². The van der Waals surface area contributed by atoms with Gasteiger partial charge >= 0.3 is 0 Å². The zero-order valence-electron chi connectivity index (χ0n) is 10.3. The summed E-state index contributed by atoms with van der Waals surface area (Å²) in [6, 6.07) is 0.673. The smallest absolute Gasteiger partial charge is 0.0488 e. The molecule has 0 aliphatic rings. The predicted molar refractivity (Wildman–Crippen MR) is 62.6 cm³/mol. The first kappa shape index (κ1) is 13.9. The second-order valence-electron chi connectivity index (χ2n) is 4.28. The third kappa shape index (κ3) is 7.34. The van der Waals surface area contributed by atoms with Crippen molar-refractivity contribution in [3.8, 4) is 0 Å². The Morgan fingerprint density at radius 3 is 2.50 bits per heavy atom. The van der Waals surface area contributed by atoms with Crippen LogP contribution < -0.4 is 5.32 Å². The van der Waals surface area contributed by atoms with Gasteiger partial charge in [0.05, 0.1) is 0 Å². The van der Waals surface area contributed by atoms with E-state index in [2.05, 4.69) is 26.2 Å². The van der Waals surface area contributed by atoms with Gasteiger partial charge in [-0.2, -0.15) is 0 Å². The van der Waals surface area contributed by atoms with Crippen molar-refractivity contribution in [2.24, 2.45) is 5.92 Å². The summed E-state index contributed by atoms with van der Waals surface area (Å²) in [5.41, 5.74) is 0. The SMILES string of the molecule is CCCCCC(CC(C)COC)NC. The molecule has 14 heavy (non-hydrogen) atoms. The standard InChI is InChI=1S/C12H27NO/c1-5-6-7-8-12(13-3)9-11(2)10-14-4/h11-13H,5-10H2,1-4H3. The Morgan fingerprint density at radius 2 is 2.00 bits per heavy atom. The maximum absolute atomic E-state index is 5.15. The van der Waals surface area contributed by atoms with E-state index in [1.54, 1.807) is 7.11 Å². The minimum Gasteiger partial charge on any atom is -0.384 e. The molecule has 2 nitrogen and oxygen atoms in total. The molecule has 0 aliphatic carbocycles. The van der Waals surface area contributed by atoms with Crippen LogP contribution in [0.3, 0.4) is 0 Å². The second kappa shape index (κ2) is 9.47. The fourth-order valence-electron chi connectivity index (χ4n) is 1.86. The van der Waals surface area contributed by atoms with E-state index in [9.17, 15) is 0 Å². The summed E-state index contributed by atoms with van der Waals surface area (Å²) in [7, 11) is 3.85. The molecule has 0 heterocycles. The van der Waals surface area contributed by atoms with Crippen molar-refractivity contribution in [1.82, 2.24) is 5.32 Å². The topological polar surface area (TPSA) is 21.3 Å². The van der Waals surface area contributed by atoms with E-state index in [0.717, 1.165) is 6.61 Å². The number of ether oxygens (including phenoxy) is 1. The van der Waals surface area contributed by atoms with Gasteiger partial charge in [0.2, 0.25) is 0 Å². The summed E-state index contributed by atoms with van der Waals surface area (Å²) < 4.78 is 5.15. The van der Waals surface area contributed by atoms with Gasteiger partial charge in [-0.3, -0.25) is 0 Å². The monoisotopic (exact) mass is 201 g/mol. The van der Waals surface area contributed by atoms with Crippen molar-refractivity contribution in [3.05, 3.63) is 0 Å². The number of hydrogen-bond donors (Lipinski definition) is 1. The highest BCUT2D eigenvalue weighted by Crippen LogP contribution is 2.12. The third-order valence-electron chi connectivity index (χ3n) is 2.70. The van der Waals surface area contributed by atoms with Crippen LogP contribution in [0.25, 0.3) is 0 Å². The summed E-state index contributed by atoms with van der Waals surface area (Å²) in [5.74, 6) is 0.666. The van der Waals surface area contributed by atoms with E-state index in [-0.39, 0.29) is 0 Å². The second-order valence-corrected chi connectivity index (χ2v) is 4.28. The molecule has 0 rings (SSSR count). The Morgan fingerprint density at radius 1 is 1.29 bits per heavy atom. The van der Waals surface area contributed by atoms with Gasteiger partial charge in [-0.25, -0.2) is 0 Å². The largest absolute Gasteiger partial charge is 0.384 e. The number of unbranched alkanes of at least 4 members (excludes halogenated alkanes) is 2. The molecule has 2 heteroatoms. The molecule has 2 atom stereocenters. The van der Waals surface area contributed by atoms with E-state index in [0.29, 0.717) is 12.0 Å². The van der Waals surface area contributed by atoms with Crippen LogP contribution in [0.2, 0.25) is 0 Å². The average Bonchev–Trinajstić information content (AvgIpc) is 2.17. The minimum absolute atomic E-state index is 0.666. The molecule has 2 unspecified atom stereocenters. The lowest BCUT2D eigenvalue weighted by molar-refractivity contribution is 0.149. The summed E-state index contributed by atoms with van der Waals surface area (Å²) in [4.78, 5) is 0. The molecule has 0 saturated carbocycles. The maximum atomic E-state index is 5.15. The third-order valence-corrected chi connectivity index (χ3v) is 2.70. The van der Waals surface area contributed by atoms with E-state index < -0.39 is 0 Å². The van der Waals surface area contributed by atoms with E-state index >= 15 is 0 Å². The first-order chi connectivity index (χ1) is 6.74. The predicted octanol–water partition coefficient (Wildman–Crippen LogP) is 2.83. The zero-order valence-corrected chi connectivity index (χ0v) is 10.3. The van der Waals surface area contributed by atoms with Crippen LogP contribution in [0.1, 0.15) is 46.0 Å². The fourth-order valence-corrected chi connectivity index (χ4v) is 1.86. The highest BCUT2D eigenvalue weighted by molar-refractivity contribution is 4.68. The lowest BCUT2D eigenvalue weighted by atomic mass is 9.98. The van der Waals surface area contributed by atoms with Crippen LogP contribution >= 0.6 is 0 Å². The van der Waals surface area contributed by atoms with Crippen molar-refractivity contribution in [2.45, 2.75) is 52.0 Å². The molecule has 0 fully saturated rings. The van der Waals surface area contributed by atoms with E-state index in [4.69, 9.17) is 4.74 Å². The molecule has 0 aromatic carbocycles. The molecule has 0 aromatic rings. The lowest BCUT2D eigenvalue weighted by Crippen LogP contribution is -2.28. The van der Waals surface area contributed by atoms with Crippen LogP contribution in [0.15, 0.2) is 0 Å². The van der Waals surface area contributed by atoms with Crippen molar-refractivity contribution in [1.29, 1.82) is 0 Å². The first-order valence-corrected chi connectivity index (χ1v) is 5.90. The molecule has 0 amide bonds. The van der Waals surface area contributed by atoms with Gasteiger partial charge < -0.3 is 10.1 Å². The van der Waals surface area contributed by atoms with Gasteiger partial charge in [0.15, 0.2) is 0 Å². The van der Waals surface area contributed by atoms with Crippen LogP contribution in [0.4, 0.5) is 0 Å². The molecular weight excluding hydrogens is 174 g/mol. The van der Waals surface area contributed by atoms with Gasteiger partial charge in [0.1, 0.15) is 0 Å². The average molecular weight is 201 g/mol. The van der Waals surface area contributed by atoms with Crippen LogP contribution in [0, 0.1) is 5.92 Å². The minimum atomic E-state index is 0.666. The van der Waals surface area contributed by atoms with Crippen LogP contribution in [-0.4, -0.2) is 26.8 Å². The summed E-state index contributed by atoms with van der Waals surface area (Å²) in [5, 5.41) is 3.39. The summed E-state index contributed by atoms with van der Waals surface area (Å²) >= 11 is 0. The Hall–Kier alpha value is -0.0800. The normalized spacial score (nSPS) is 15.4. The summed E-state index contributed by atoms with van der Waals surface area (Å²) in [6.45, 7) is 5.39. The van der Waals surface area contributed by atoms with Gasteiger partial charge in [-0.1, -0.05) is 33.1 Å². The molecule has 0 bridgehead atoms. The lowest BCUT2D eigenvalue weighted by Gasteiger charge is -2.19. The number of rotatable bonds is 9. The van der Waals surface area contributed by atoms with Crippen LogP contribution in [-0.2, 0) is 4.74 Å². The van der Waals surface area contributed by atoms with Gasteiger partial charge in [-0.15, -0.1) is 0 Å². The molecule has 0 aromatic heterocycles. The fraction of sp³-hybridized carbons (Fsp3) is 1.00. The van der Waals surface area contributed by atoms with Crippen LogP contribution in [0.5, 0.6) is 0 Å². The zero-order chi connectivity index (χ0) is 10.8. The molecule has 0 saturated heterocycles. The molecule has 0 radical (unpaired) electrons. The van der Waals surface area contributed by atoms with Crippen molar-refractivity contribution in [2.75, 3.05) is 20.8 Å². The molecule has 86 valence electrons. The Labute approximate surface area is 89.4 Å². The molecule has 0 spiro atoms. The Kier molecular flexibility index (Phi) is 9.42. The van der Waals surface area contributed by atoms with Crippen molar-refractivity contribution < 1.29 is 4.74 Å². The van der Waals surface area contributed by atoms with E-state index in [1.165, 1.54) is 32.1 Å². The Bertz CT molecular complexity index is 117.